The standard InChI is InChI=1S/C19H21F3N4O/c1-9(2)15-14-13(19(20,21)22)8-7-12(16(14)26-25-15)10(3)18(27)24-17(23-4)11-5-6-11/h7-9,11,14H,3,5-6H2,1-2,4H3,(H,23,24,27). The third-order valence-corrected chi connectivity index (χ3v) is 4.82. The second-order valence-electron chi connectivity index (χ2n) is 7.11. The van der Waals surface area contributed by atoms with E-state index >= 15 is 0 Å². The zero-order chi connectivity index (χ0) is 19.9. The minimum absolute atomic E-state index is 0.0539. The van der Waals surface area contributed by atoms with E-state index in [9.17, 15) is 18.0 Å². The number of hydrogen-bond acceptors (Lipinski definition) is 4. The van der Waals surface area contributed by atoms with Gasteiger partial charge in [0.25, 0.3) is 5.91 Å². The van der Waals surface area contributed by atoms with Crippen molar-refractivity contribution in [2.24, 2.45) is 32.9 Å². The van der Waals surface area contributed by atoms with Gasteiger partial charge in [0.2, 0.25) is 0 Å². The minimum atomic E-state index is -4.51. The first kappa shape index (κ1) is 19.3. The molecule has 144 valence electrons. The third kappa shape index (κ3) is 3.65. The molecule has 2 aliphatic carbocycles. The Kier molecular flexibility index (Phi) is 4.92. The van der Waals surface area contributed by atoms with Gasteiger partial charge in [-0.3, -0.25) is 9.79 Å². The summed E-state index contributed by atoms with van der Waals surface area (Å²) in [5.74, 6) is -0.990. The Hall–Kier alpha value is -2.51. The SMILES string of the molecule is C=C(C(=O)NC(=NC)C1CC1)C1=CC=C(C(F)(F)F)C2C1=NN=C2C(C)C. The van der Waals surface area contributed by atoms with Crippen LogP contribution < -0.4 is 5.32 Å². The molecule has 3 rings (SSSR count). The largest absolute Gasteiger partial charge is 0.413 e. The Morgan fingerprint density at radius 1 is 1.30 bits per heavy atom. The van der Waals surface area contributed by atoms with E-state index in [0.29, 0.717) is 11.5 Å². The number of fused-ring (bicyclic) bond motifs is 1. The quantitative estimate of drug-likeness (QED) is 0.453. The van der Waals surface area contributed by atoms with Crippen LogP contribution in [0.2, 0.25) is 0 Å². The van der Waals surface area contributed by atoms with Crippen LogP contribution in [0.5, 0.6) is 0 Å². The van der Waals surface area contributed by atoms with Gasteiger partial charge in [-0.1, -0.05) is 32.6 Å². The normalized spacial score (nSPS) is 22.6. The first-order chi connectivity index (χ1) is 12.6. The number of amides is 1. The lowest BCUT2D eigenvalue weighted by Gasteiger charge is -2.27. The molecule has 0 spiro atoms. The predicted octanol–water partition coefficient (Wildman–Crippen LogP) is 3.61. The number of alkyl halides is 3. The van der Waals surface area contributed by atoms with Crippen molar-refractivity contribution in [3.05, 3.63) is 35.5 Å². The molecular weight excluding hydrogens is 357 g/mol. The highest BCUT2D eigenvalue weighted by molar-refractivity contribution is 6.26. The average Bonchev–Trinajstić information content (AvgIpc) is 3.34. The number of rotatable bonds is 4. The summed E-state index contributed by atoms with van der Waals surface area (Å²) in [7, 11) is 1.59. The molecule has 1 fully saturated rings. The molecule has 8 heteroatoms. The monoisotopic (exact) mass is 378 g/mol. The molecule has 1 amide bonds. The van der Waals surface area contributed by atoms with Crippen LogP contribution in [0.4, 0.5) is 13.2 Å². The Morgan fingerprint density at radius 3 is 2.48 bits per heavy atom. The summed E-state index contributed by atoms with van der Waals surface area (Å²) >= 11 is 0. The van der Waals surface area contributed by atoms with Gasteiger partial charge in [-0.05, 0) is 18.8 Å². The van der Waals surface area contributed by atoms with Crippen molar-refractivity contribution >= 4 is 23.2 Å². The van der Waals surface area contributed by atoms with Gasteiger partial charge >= 0.3 is 6.18 Å². The molecule has 0 bridgehead atoms. The summed E-state index contributed by atoms with van der Waals surface area (Å²) in [5, 5.41) is 10.7. The number of allylic oxidation sites excluding steroid dienone is 3. The van der Waals surface area contributed by atoms with Gasteiger partial charge in [-0.2, -0.15) is 23.4 Å². The molecule has 0 aromatic heterocycles. The second kappa shape index (κ2) is 6.90. The van der Waals surface area contributed by atoms with E-state index in [4.69, 9.17) is 0 Å². The molecule has 3 aliphatic rings. The molecule has 0 radical (unpaired) electrons. The van der Waals surface area contributed by atoms with Crippen LogP contribution in [0.25, 0.3) is 0 Å². The molecular formula is C19H21F3N4O. The van der Waals surface area contributed by atoms with Gasteiger partial charge in [-0.15, -0.1) is 0 Å². The molecule has 1 saturated carbocycles. The average molecular weight is 378 g/mol. The Balaban J connectivity index is 1.90. The van der Waals surface area contributed by atoms with Crippen molar-refractivity contribution in [1.82, 2.24) is 5.32 Å². The molecule has 1 N–H and O–H groups in total. The summed E-state index contributed by atoms with van der Waals surface area (Å²) in [6.45, 7) is 7.32. The molecule has 0 aromatic carbocycles. The molecule has 0 aromatic rings. The highest BCUT2D eigenvalue weighted by Gasteiger charge is 2.47. The molecule has 5 nitrogen and oxygen atoms in total. The lowest BCUT2D eigenvalue weighted by Crippen LogP contribution is -2.38. The number of nitrogens with zero attached hydrogens (tertiary/aromatic N) is 3. The van der Waals surface area contributed by atoms with Gasteiger partial charge in [0.1, 0.15) is 5.84 Å². The van der Waals surface area contributed by atoms with Crippen LogP contribution in [0.3, 0.4) is 0 Å². The summed E-state index contributed by atoms with van der Waals surface area (Å²) in [6.07, 6.45) is -0.347. The number of aliphatic imine (C=N–C) groups is 1. The van der Waals surface area contributed by atoms with Gasteiger partial charge in [0.15, 0.2) is 0 Å². The minimum Gasteiger partial charge on any atom is -0.310 e. The van der Waals surface area contributed by atoms with Crippen molar-refractivity contribution in [3.8, 4) is 0 Å². The molecule has 1 unspecified atom stereocenters. The van der Waals surface area contributed by atoms with Gasteiger partial charge in [-0.25, -0.2) is 0 Å². The number of carbonyl (C=O) groups excluding carboxylic acids is 1. The summed E-state index contributed by atoms with van der Waals surface area (Å²) in [6, 6.07) is 0. The van der Waals surface area contributed by atoms with Gasteiger partial charge in [0, 0.05) is 29.7 Å². The van der Waals surface area contributed by atoms with E-state index in [2.05, 4.69) is 27.1 Å². The van der Waals surface area contributed by atoms with E-state index in [1.807, 2.05) is 0 Å². The maximum Gasteiger partial charge on any atom is 0.413 e. The van der Waals surface area contributed by atoms with E-state index in [-0.39, 0.29) is 28.7 Å². The maximum atomic E-state index is 13.5. The number of carbonyl (C=O) groups is 1. The van der Waals surface area contributed by atoms with Crippen molar-refractivity contribution in [2.45, 2.75) is 32.9 Å². The van der Waals surface area contributed by atoms with Crippen LogP contribution in [0, 0.1) is 17.8 Å². The summed E-state index contributed by atoms with van der Waals surface area (Å²) in [4.78, 5) is 16.6. The highest BCUT2D eigenvalue weighted by atomic mass is 19.4. The van der Waals surface area contributed by atoms with E-state index < -0.39 is 23.6 Å². The summed E-state index contributed by atoms with van der Waals surface area (Å²) < 4.78 is 40.5. The van der Waals surface area contributed by atoms with Gasteiger partial charge in [0.05, 0.1) is 17.3 Å². The van der Waals surface area contributed by atoms with Crippen molar-refractivity contribution in [1.29, 1.82) is 0 Å². The highest BCUT2D eigenvalue weighted by Crippen LogP contribution is 2.41. The van der Waals surface area contributed by atoms with Crippen molar-refractivity contribution in [2.75, 3.05) is 7.05 Å². The molecule has 1 aliphatic heterocycles. The Morgan fingerprint density at radius 2 is 1.96 bits per heavy atom. The van der Waals surface area contributed by atoms with Crippen LogP contribution in [-0.4, -0.2) is 36.4 Å². The zero-order valence-electron chi connectivity index (χ0n) is 15.4. The Bertz CT molecular complexity index is 840. The fourth-order valence-electron chi connectivity index (χ4n) is 3.21. The van der Waals surface area contributed by atoms with E-state index in [1.165, 1.54) is 6.08 Å². The summed E-state index contributed by atoms with van der Waals surface area (Å²) in [5.41, 5.74) is 0.0580. The number of hydrogen-bond donors (Lipinski definition) is 1. The molecule has 1 heterocycles. The lowest BCUT2D eigenvalue weighted by atomic mass is 9.77. The maximum absolute atomic E-state index is 13.5. The Labute approximate surface area is 155 Å². The fourth-order valence-corrected chi connectivity index (χ4v) is 3.21. The first-order valence-electron chi connectivity index (χ1n) is 8.77. The third-order valence-electron chi connectivity index (χ3n) is 4.82. The predicted molar refractivity (Wildman–Crippen MR) is 98.8 cm³/mol. The van der Waals surface area contributed by atoms with E-state index in [0.717, 1.165) is 18.9 Å². The molecule has 1 atom stereocenters. The van der Waals surface area contributed by atoms with E-state index in [1.54, 1.807) is 20.9 Å². The van der Waals surface area contributed by atoms with Crippen LogP contribution in [-0.2, 0) is 4.79 Å². The smallest absolute Gasteiger partial charge is 0.310 e. The topological polar surface area (TPSA) is 66.2 Å². The molecule has 27 heavy (non-hydrogen) atoms. The van der Waals surface area contributed by atoms with Gasteiger partial charge < -0.3 is 5.32 Å². The number of nitrogens with one attached hydrogen (secondary N) is 1. The lowest BCUT2D eigenvalue weighted by molar-refractivity contribution is -0.115. The number of amidine groups is 1. The van der Waals surface area contributed by atoms with Crippen LogP contribution >= 0.6 is 0 Å². The zero-order valence-corrected chi connectivity index (χ0v) is 15.4. The van der Waals surface area contributed by atoms with Crippen LogP contribution in [0.15, 0.2) is 50.6 Å². The number of halogens is 3. The van der Waals surface area contributed by atoms with Crippen molar-refractivity contribution in [3.63, 3.8) is 0 Å². The van der Waals surface area contributed by atoms with Crippen LogP contribution in [0.1, 0.15) is 26.7 Å². The molecule has 0 saturated heterocycles. The second-order valence-corrected chi connectivity index (χ2v) is 7.11. The first-order valence-corrected chi connectivity index (χ1v) is 8.77. The van der Waals surface area contributed by atoms with Crippen molar-refractivity contribution < 1.29 is 18.0 Å². The fraction of sp³-hybridized carbons (Fsp3) is 0.474.